The molecule has 0 spiro atoms. The molecular formula is C23H24N2O6. The van der Waals surface area contributed by atoms with E-state index in [-0.39, 0.29) is 29.4 Å². The molecule has 1 amide bonds. The first kappa shape index (κ1) is 22.0. The molecule has 3 atom stereocenters. The maximum absolute atomic E-state index is 12.8. The summed E-state index contributed by atoms with van der Waals surface area (Å²) in [5.74, 6) is -1.09. The van der Waals surface area contributed by atoms with Crippen LogP contribution in [0.5, 0.6) is 5.75 Å². The van der Waals surface area contributed by atoms with Crippen molar-refractivity contribution in [1.82, 2.24) is 5.32 Å². The molecule has 1 aromatic carbocycles. The zero-order valence-electron chi connectivity index (χ0n) is 17.0. The Morgan fingerprint density at radius 3 is 3.10 bits per heavy atom. The van der Waals surface area contributed by atoms with E-state index >= 15 is 0 Å². The standard InChI is InChI=1S/C23H24N2O6/c1-29-25-14-6-12-21(27)24-13-5-9-17-15-20-19(31-20)11-3-2-7-16-8-4-10-18(26)22(16)23(28)30-17/h2-8,10-14,17,19-20,26H,9,15H2,1H3,(H,24,27)/b7-2+,11-3-,12-6-,13-5+,25-14+/t17-,19-,20+/m0/s1. The molecule has 0 saturated carbocycles. The quantitative estimate of drug-likeness (QED) is 0.239. The summed E-state index contributed by atoms with van der Waals surface area (Å²) >= 11 is 0. The number of hydrogen-bond donors (Lipinski definition) is 2. The van der Waals surface area contributed by atoms with Crippen molar-refractivity contribution in [3.8, 4) is 5.75 Å². The van der Waals surface area contributed by atoms with Crippen LogP contribution in [0.15, 0.2) is 66.0 Å². The molecule has 0 unspecified atom stereocenters. The van der Waals surface area contributed by atoms with Crippen molar-refractivity contribution in [3.05, 3.63) is 72.0 Å². The van der Waals surface area contributed by atoms with Gasteiger partial charge in [0.25, 0.3) is 0 Å². The number of esters is 1. The van der Waals surface area contributed by atoms with Crippen molar-refractivity contribution in [2.75, 3.05) is 7.11 Å². The summed E-state index contributed by atoms with van der Waals surface area (Å²) in [5.41, 5.74) is 0.681. The first-order chi connectivity index (χ1) is 15.1. The number of benzene rings is 1. The molecular weight excluding hydrogens is 400 g/mol. The summed E-state index contributed by atoms with van der Waals surface area (Å²) < 4.78 is 11.3. The van der Waals surface area contributed by atoms with E-state index in [4.69, 9.17) is 9.47 Å². The second kappa shape index (κ2) is 10.9. The lowest BCUT2D eigenvalue weighted by Gasteiger charge is -2.17. The summed E-state index contributed by atoms with van der Waals surface area (Å²) in [5, 5.41) is 16.3. The highest BCUT2D eigenvalue weighted by Gasteiger charge is 2.39. The van der Waals surface area contributed by atoms with Crippen LogP contribution in [0.25, 0.3) is 6.08 Å². The van der Waals surface area contributed by atoms with Gasteiger partial charge in [-0.15, -0.1) is 0 Å². The van der Waals surface area contributed by atoms with Crippen LogP contribution in [0.1, 0.15) is 28.8 Å². The number of phenolic OH excluding ortho intramolecular Hbond substituents is 1. The van der Waals surface area contributed by atoms with E-state index in [1.54, 1.807) is 30.4 Å². The molecule has 162 valence electrons. The van der Waals surface area contributed by atoms with Gasteiger partial charge < -0.3 is 24.7 Å². The lowest BCUT2D eigenvalue weighted by molar-refractivity contribution is -0.115. The number of oxime groups is 1. The van der Waals surface area contributed by atoms with Gasteiger partial charge in [-0.25, -0.2) is 4.79 Å². The molecule has 0 radical (unpaired) electrons. The van der Waals surface area contributed by atoms with Gasteiger partial charge in [-0.1, -0.05) is 47.7 Å². The van der Waals surface area contributed by atoms with E-state index < -0.39 is 12.1 Å². The Labute approximate surface area is 180 Å². The van der Waals surface area contributed by atoms with Gasteiger partial charge >= 0.3 is 5.97 Å². The third-order valence-corrected chi connectivity index (χ3v) is 4.60. The third-order valence-electron chi connectivity index (χ3n) is 4.60. The SMILES string of the molecule is CO/N=C/C=C\C(=O)N/C=C/C[C@H]1C[C@H]2O[C@H]2/C=C\C=C\c2cccc(O)c2C(=O)O1. The summed E-state index contributed by atoms with van der Waals surface area (Å²) in [6, 6.07) is 4.85. The van der Waals surface area contributed by atoms with Crippen LogP contribution in [0.3, 0.4) is 0 Å². The van der Waals surface area contributed by atoms with Gasteiger partial charge in [0, 0.05) is 25.1 Å². The van der Waals surface area contributed by atoms with Gasteiger partial charge in [-0.2, -0.15) is 0 Å². The van der Waals surface area contributed by atoms with E-state index in [0.29, 0.717) is 18.4 Å². The number of carbonyl (C=O) groups excluding carboxylic acids is 2. The Kier molecular flexibility index (Phi) is 7.78. The summed E-state index contributed by atoms with van der Waals surface area (Å²) in [4.78, 5) is 29.0. The maximum atomic E-state index is 12.8. The second-order valence-corrected chi connectivity index (χ2v) is 6.83. The second-order valence-electron chi connectivity index (χ2n) is 6.83. The lowest BCUT2D eigenvalue weighted by Crippen LogP contribution is -2.21. The topological polar surface area (TPSA) is 110 Å². The molecule has 0 aliphatic carbocycles. The van der Waals surface area contributed by atoms with Crippen molar-refractivity contribution in [3.63, 3.8) is 0 Å². The van der Waals surface area contributed by atoms with Crippen molar-refractivity contribution in [2.45, 2.75) is 31.2 Å². The van der Waals surface area contributed by atoms with E-state index in [1.165, 1.54) is 37.7 Å². The number of phenols is 1. The number of nitrogens with zero attached hydrogens (tertiary/aromatic N) is 1. The number of ether oxygens (including phenoxy) is 2. The van der Waals surface area contributed by atoms with E-state index in [0.717, 1.165) is 0 Å². The van der Waals surface area contributed by atoms with Crippen LogP contribution >= 0.6 is 0 Å². The minimum Gasteiger partial charge on any atom is -0.507 e. The van der Waals surface area contributed by atoms with Crippen LogP contribution in [-0.4, -0.2) is 48.6 Å². The third kappa shape index (κ3) is 6.68. The summed E-state index contributed by atoms with van der Waals surface area (Å²) in [7, 11) is 1.41. The van der Waals surface area contributed by atoms with E-state index in [2.05, 4.69) is 15.3 Å². The average Bonchev–Trinajstić information content (AvgIpc) is 3.48. The molecule has 1 saturated heterocycles. The molecule has 1 fully saturated rings. The molecule has 3 rings (SSSR count). The minimum absolute atomic E-state index is 0.0171. The zero-order valence-corrected chi connectivity index (χ0v) is 17.0. The van der Waals surface area contributed by atoms with Gasteiger partial charge in [-0.05, 0) is 17.7 Å². The highest BCUT2D eigenvalue weighted by Crippen LogP contribution is 2.31. The fourth-order valence-electron chi connectivity index (χ4n) is 3.06. The molecule has 2 aliphatic heterocycles. The Hall–Kier alpha value is -3.65. The molecule has 31 heavy (non-hydrogen) atoms. The molecule has 2 heterocycles. The van der Waals surface area contributed by atoms with Gasteiger partial charge in [0.05, 0.1) is 12.3 Å². The van der Waals surface area contributed by atoms with Gasteiger partial charge in [-0.3, -0.25) is 4.79 Å². The highest BCUT2D eigenvalue weighted by atomic mass is 16.6. The minimum atomic E-state index is -0.609. The Balaban J connectivity index is 1.66. The highest BCUT2D eigenvalue weighted by molar-refractivity contribution is 5.96. The Morgan fingerprint density at radius 1 is 1.39 bits per heavy atom. The van der Waals surface area contributed by atoms with Crippen LogP contribution in [0.2, 0.25) is 0 Å². The van der Waals surface area contributed by atoms with Gasteiger partial charge in [0.2, 0.25) is 5.91 Å². The Morgan fingerprint density at radius 2 is 2.26 bits per heavy atom. The summed E-state index contributed by atoms with van der Waals surface area (Å²) in [6.07, 6.45) is 14.9. The van der Waals surface area contributed by atoms with Crippen LogP contribution in [0.4, 0.5) is 0 Å². The largest absolute Gasteiger partial charge is 0.507 e. The predicted octanol–water partition coefficient (Wildman–Crippen LogP) is 2.87. The molecule has 8 nitrogen and oxygen atoms in total. The van der Waals surface area contributed by atoms with Gasteiger partial charge in [0.15, 0.2) is 0 Å². The molecule has 2 aliphatic rings. The van der Waals surface area contributed by atoms with Crippen molar-refractivity contribution in [2.24, 2.45) is 5.16 Å². The van der Waals surface area contributed by atoms with Crippen molar-refractivity contribution < 1.29 is 29.0 Å². The van der Waals surface area contributed by atoms with Gasteiger partial charge in [0.1, 0.15) is 30.6 Å². The Bertz CT molecular complexity index is 947. The molecule has 2 N–H and O–H groups in total. The number of aromatic hydroxyl groups is 1. The first-order valence-corrected chi connectivity index (χ1v) is 9.80. The van der Waals surface area contributed by atoms with Crippen LogP contribution < -0.4 is 5.32 Å². The van der Waals surface area contributed by atoms with Crippen LogP contribution in [0, 0.1) is 0 Å². The summed E-state index contributed by atoms with van der Waals surface area (Å²) in [6.45, 7) is 0. The first-order valence-electron chi connectivity index (χ1n) is 9.80. The normalized spacial score (nSPS) is 25.2. The predicted molar refractivity (Wildman–Crippen MR) is 115 cm³/mol. The molecule has 8 heteroatoms. The zero-order chi connectivity index (χ0) is 22.1. The number of hydrogen-bond acceptors (Lipinski definition) is 7. The molecule has 1 aromatic rings. The number of fused-ring (bicyclic) bond motifs is 2. The number of carbonyl (C=O) groups is 2. The monoisotopic (exact) mass is 424 g/mol. The molecule has 0 bridgehead atoms. The fourth-order valence-corrected chi connectivity index (χ4v) is 3.06. The number of cyclic esters (lactones) is 1. The smallest absolute Gasteiger partial charge is 0.342 e. The number of rotatable bonds is 6. The fraction of sp³-hybridized carbons (Fsp3) is 0.261. The maximum Gasteiger partial charge on any atom is 0.342 e. The number of nitrogens with one attached hydrogen (secondary N) is 1. The lowest BCUT2D eigenvalue weighted by atomic mass is 10.0. The van der Waals surface area contributed by atoms with E-state index in [9.17, 15) is 14.7 Å². The van der Waals surface area contributed by atoms with Crippen molar-refractivity contribution >= 4 is 24.2 Å². The number of amides is 1. The van der Waals surface area contributed by atoms with E-state index in [1.807, 2.05) is 12.2 Å². The molecule has 0 aromatic heterocycles. The number of epoxide rings is 1. The average molecular weight is 424 g/mol. The van der Waals surface area contributed by atoms with Crippen molar-refractivity contribution in [1.29, 1.82) is 0 Å². The van der Waals surface area contributed by atoms with Crippen LogP contribution in [-0.2, 0) is 19.1 Å². The number of allylic oxidation sites excluding steroid dienone is 3.